The molecule has 2 N–H and O–H groups in total. The fraction of sp³-hybridized carbons (Fsp3) is 0.500. The summed E-state index contributed by atoms with van der Waals surface area (Å²) in [5.41, 5.74) is -1.19. The number of nitrogens with zero attached hydrogens (tertiary/aromatic N) is 2. The van der Waals surface area contributed by atoms with Crippen LogP contribution < -0.4 is 4.72 Å². The van der Waals surface area contributed by atoms with Gasteiger partial charge in [-0.05, 0) is 18.6 Å². The van der Waals surface area contributed by atoms with Crippen molar-refractivity contribution in [2.45, 2.75) is 24.0 Å². The summed E-state index contributed by atoms with van der Waals surface area (Å²) in [6.45, 7) is 2.15. The number of aliphatic hydroxyl groups is 1. The quantitative estimate of drug-likeness (QED) is 0.777. The minimum Gasteiger partial charge on any atom is -0.366 e. The van der Waals surface area contributed by atoms with Crippen molar-refractivity contribution in [3.63, 3.8) is 0 Å². The Morgan fingerprint density at radius 2 is 2.08 bits per heavy atom. The third kappa shape index (κ3) is 3.54. The van der Waals surface area contributed by atoms with E-state index < -0.39 is 15.7 Å². The molecule has 0 radical (unpaired) electrons. The zero-order valence-electron chi connectivity index (χ0n) is 13.5. The molecule has 0 aromatic heterocycles. The fourth-order valence-corrected chi connectivity index (χ4v) is 5.56. The Hall–Kier alpha value is -0.510. The topological polar surface area (TPSA) is 82.0 Å². The van der Waals surface area contributed by atoms with Crippen LogP contribution in [0.3, 0.4) is 0 Å². The molecule has 24 heavy (non-hydrogen) atoms. The normalized spacial score (nSPS) is 23.2. The highest BCUT2D eigenvalue weighted by atomic mass is 35.5. The van der Waals surface area contributed by atoms with Gasteiger partial charge in [0.25, 0.3) is 0 Å². The molecule has 1 aromatic rings. The Morgan fingerprint density at radius 3 is 2.62 bits per heavy atom. The first-order valence-electron chi connectivity index (χ1n) is 7.22. The van der Waals surface area contributed by atoms with Gasteiger partial charge in [-0.25, -0.2) is 13.1 Å². The lowest BCUT2D eigenvalue weighted by molar-refractivity contribution is -0.0348. The van der Waals surface area contributed by atoms with Crippen molar-refractivity contribution in [2.75, 3.05) is 26.4 Å². The molecule has 134 valence electrons. The summed E-state index contributed by atoms with van der Waals surface area (Å²) in [5.74, 6) is 0.277. The monoisotopic (exact) mass is 411 g/mol. The van der Waals surface area contributed by atoms with Crippen LogP contribution in [0.1, 0.15) is 18.9 Å². The Kier molecular flexibility index (Phi) is 6.10. The molecule has 1 heterocycles. The highest BCUT2D eigenvalue weighted by Crippen LogP contribution is 2.42. The van der Waals surface area contributed by atoms with E-state index in [0.717, 1.165) is 0 Å². The van der Waals surface area contributed by atoms with Crippen molar-refractivity contribution < 1.29 is 13.5 Å². The molecule has 1 atom stereocenters. The molecule has 1 aliphatic rings. The van der Waals surface area contributed by atoms with E-state index >= 15 is 0 Å². The lowest BCUT2D eigenvalue weighted by Gasteiger charge is -2.32. The maximum Gasteiger partial charge on any atom is 0.242 e. The number of hydrogen-bond acceptors (Lipinski definition) is 5. The van der Waals surface area contributed by atoms with Gasteiger partial charge in [0.15, 0.2) is 10.9 Å². The summed E-state index contributed by atoms with van der Waals surface area (Å²) in [7, 11) is -0.492. The van der Waals surface area contributed by atoms with Gasteiger partial charge < -0.3 is 10.0 Å². The summed E-state index contributed by atoms with van der Waals surface area (Å²) < 4.78 is 27.3. The van der Waals surface area contributed by atoms with E-state index in [-0.39, 0.29) is 26.3 Å². The maximum atomic E-state index is 12.4. The molecule has 1 fully saturated rings. The van der Waals surface area contributed by atoms with Crippen LogP contribution in [0, 0.1) is 0 Å². The van der Waals surface area contributed by atoms with Crippen molar-refractivity contribution in [3.05, 3.63) is 27.7 Å². The largest absolute Gasteiger partial charge is 0.366 e. The van der Waals surface area contributed by atoms with Gasteiger partial charge in [0.2, 0.25) is 10.0 Å². The van der Waals surface area contributed by atoms with Crippen LogP contribution in [0.15, 0.2) is 22.0 Å². The van der Waals surface area contributed by atoms with Crippen molar-refractivity contribution >= 4 is 50.2 Å². The van der Waals surface area contributed by atoms with Gasteiger partial charge in [-0.2, -0.15) is 0 Å². The number of hydrogen-bond donors (Lipinski definition) is 2. The van der Waals surface area contributed by atoms with E-state index in [1.807, 2.05) is 6.92 Å². The van der Waals surface area contributed by atoms with Gasteiger partial charge >= 0.3 is 0 Å². The number of rotatable bonds is 5. The third-order valence-electron chi connectivity index (χ3n) is 3.72. The Bertz CT molecular complexity index is 771. The zero-order chi connectivity index (χ0) is 18.1. The molecule has 1 aromatic carbocycles. The number of benzene rings is 1. The highest BCUT2D eigenvalue weighted by Gasteiger charge is 2.44. The molecule has 0 bridgehead atoms. The second-order valence-electron chi connectivity index (χ2n) is 5.33. The van der Waals surface area contributed by atoms with Crippen LogP contribution in [0.5, 0.6) is 0 Å². The van der Waals surface area contributed by atoms with Gasteiger partial charge in [-0.15, -0.1) is 0 Å². The van der Waals surface area contributed by atoms with Gasteiger partial charge in [-0.3, -0.25) is 4.99 Å². The predicted molar refractivity (Wildman–Crippen MR) is 99.4 cm³/mol. The predicted octanol–water partition coefficient (Wildman–Crippen LogP) is 2.49. The van der Waals surface area contributed by atoms with Crippen LogP contribution in [0.4, 0.5) is 0 Å². The Morgan fingerprint density at radius 1 is 1.42 bits per heavy atom. The van der Waals surface area contributed by atoms with E-state index in [9.17, 15) is 13.5 Å². The summed E-state index contributed by atoms with van der Waals surface area (Å²) in [5, 5.41) is 11.9. The van der Waals surface area contributed by atoms with Gasteiger partial charge in [-0.1, -0.05) is 41.9 Å². The molecule has 1 saturated heterocycles. The molecule has 0 spiro atoms. The minimum absolute atomic E-state index is 0.00800. The number of sulfonamides is 1. The summed E-state index contributed by atoms with van der Waals surface area (Å²) in [6, 6.07) is 2.68. The van der Waals surface area contributed by atoms with E-state index in [1.54, 1.807) is 19.0 Å². The lowest BCUT2D eigenvalue weighted by atomic mass is 10.0. The number of nitrogens with one attached hydrogen (secondary N) is 1. The smallest absolute Gasteiger partial charge is 0.242 e. The van der Waals surface area contributed by atoms with Crippen LogP contribution >= 0.6 is 35.0 Å². The molecule has 2 rings (SSSR count). The van der Waals surface area contributed by atoms with Crippen LogP contribution in [0.2, 0.25) is 10.0 Å². The first kappa shape index (κ1) is 19.8. The second kappa shape index (κ2) is 7.39. The third-order valence-corrected chi connectivity index (χ3v) is 7.22. The van der Waals surface area contributed by atoms with Crippen molar-refractivity contribution in [1.29, 1.82) is 0 Å². The average Bonchev–Trinajstić information content (AvgIpc) is 2.81. The van der Waals surface area contributed by atoms with Crippen molar-refractivity contribution in [1.82, 2.24) is 9.62 Å². The number of thioether (sulfide) groups is 1. The summed E-state index contributed by atoms with van der Waals surface area (Å²) >= 11 is 13.7. The zero-order valence-corrected chi connectivity index (χ0v) is 16.7. The number of amidine groups is 1. The van der Waals surface area contributed by atoms with E-state index in [1.165, 1.54) is 23.9 Å². The summed E-state index contributed by atoms with van der Waals surface area (Å²) in [4.78, 5) is 5.56. The molecule has 0 saturated carbocycles. The minimum atomic E-state index is -3.79. The van der Waals surface area contributed by atoms with E-state index in [0.29, 0.717) is 18.1 Å². The van der Waals surface area contributed by atoms with Crippen LogP contribution in [-0.4, -0.2) is 50.0 Å². The van der Waals surface area contributed by atoms with Gasteiger partial charge in [0.05, 0.1) is 15.8 Å². The average molecular weight is 412 g/mol. The molecule has 6 nitrogen and oxygen atoms in total. The fourth-order valence-electron chi connectivity index (χ4n) is 2.35. The first-order valence-corrected chi connectivity index (χ1v) is 10.4. The molecule has 1 unspecified atom stereocenters. The number of aliphatic imine (C=N–C) groups is 1. The standard InChI is InChI=1S/C14H19Cl2N3O3S2/c1-4-5-18-24(21,22)12-6-9(10(15)7-11(12)16)14(20)8-23-13(17-2)19(14)3/h6-7,18,20H,4-5,8H2,1-3H3/b17-13-. The second-order valence-corrected chi connectivity index (χ2v) is 8.82. The highest BCUT2D eigenvalue weighted by molar-refractivity contribution is 8.14. The Labute approximate surface area is 156 Å². The van der Waals surface area contributed by atoms with Crippen LogP contribution in [0.25, 0.3) is 0 Å². The molecule has 0 amide bonds. The van der Waals surface area contributed by atoms with Gasteiger partial charge in [0.1, 0.15) is 4.90 Å². The molecule has 0 aliphatic carbocycles. The molecular formula is C14H19Cl2N3O3S2. The van der Waals surface area contributed by atoms with Crippen molar-refractivity contribution in [3.8, 4) is 0 Å². The summed E-state index contributed by atoms with van der Waals surface area (Å²) in [6.07, 6.45) is 0.650. The maximum absolute atomic E-state index is 12.4. The SMILES string of the molecule is CCCNS(=O)(=O)c1cc(C2(O)CS/C(=N\C)N2C)c(Cl)cc1Cl. The molecule has 10 heteroatoms. The van der Waals surface area contributed by atoms with Gasteiger partial charge in [0, 0.05) is 26.2 Å². The Balaban J connectivity index is 2.56. The van der Waals surface area contributed by atoms with Crippen molar-refractivity contribution in [2.24, 2.45) is 4.99 Å². The number of halogens is 2. The molecular weight excluding hydrogens is 393 g/mol. The van der Waals surface area contributed by atoms with E-state index in [2.05, 4.69) is 9.71 Å². The van der Waals surface area contributed by atoms with E-state index in [4.69, 9.17) is 23.2 Å². The lowest BCUT2D eigenvalue weighted by Crippen LogP contribution is -2.42. The first-order chi connectivity index (χ1) is 11.2. The van der Waals surface area contributed by atoms with Crippen LogP contribution in [-0.2, 0) is 15.7 Å². The molecule has 1 aliphatic heterocycles.